The molecule has 0 atom stereocenters. The van der Waals surface area contributed by atoms with Crippen LogP contribution in [0.2, 0.25) is 5.02 Å². The Kier molecular flexibility index (Phi) is 4.10. The standard InChI is InChI=1S/C12H8ClFN2O4S/c13-8-5-4-7(14)6-10(8)21(19,20)16-11-3-1-2-9(15-11)12(17)18/h1-6H,(H,15,16)(H,17,18). The average Bonchev–Trinajstić information content (AvgIpc) is 2.41. The largest absolute Gasteiger partial charge is 0.477 e. The van der Waals surface area contributed by atoms with Gasteiger partial charge in [-0.1, -0.05) is 17.7 Å². The number of hydrogen-bond acceptors (Lipinski definition) is 4. The normalized spacial score (nSPS) is 11.1. The van der Waals surface area contributed by atoms with E-state index in [1.165, 1.54) is 18.2 Å². The first kappa shape index (κ1) is 15.2. The molecular formula is C12H8ClFN2O4S. The maximum Gasteiger partial charge on any atom is 0.354 e. The lowest BCUT2D eigenvalue weighted by Crippen LogP contribution is -2.15. The van der Waals surface area contributed by atoms with E-state index < -0.39 is 26.7 Å². The van der Waals surface area contributed by atoms with Crippen LogP contribution in [0.3, 0.4) is 0 Å². The molecule has 2 aromatic rings. The molecule has 0 saturated carbocycles. The molecule has 6 nitrogen and oxygen atoms in total. The van der Waals surface area contributed by atoms with E-state index in [1.807, 2.05) is 4.72 Å². The van der Waals surface area contributed by atoms with Gasteiger partial charge >= 0.3 is 5.97 Å². The minimum absolute atomic E-state index is 0.168. The molecule has 0 saturated heterocycles. The number of nitrogens with zero attached hydrogens (tertiary/aromatic N) is 1. The van der Waals surface area contributed by atoms with Gasteiger partial charge in [-0.25, -0.2) is 22.6 Å². The molecule has 2 N–H and O–H groups in total. The van der Waals surface area contributed by atoms with E-state index in [9.17, 15) is 17.6 Å². The lowest BCUT2D eigenvalue weighted by molar-refractivity contribution is 0.0690. The SMILES string of the molecule is O=C(O)c1cccc(NS(=O)(=O)c2cc(F)ccc2Cl)n1. The predicted molar refractivity (Wildman–Crippen MR) is 73.4 cm³/mol. The number of pyridine rings is 1. The number of sulfonamides is 1. The van der Waals surface area contributed by atoms with Gasteiger partial charge in [0.25, 0.3) is 10.0 Å². The van der Waals surface area contributed by atoms with Crippen LogP contribution in [0.15, 0.2) is 41.3 Å². The second kappa shape index (κ2) is 5.66. The molecule has 0 unspecified atom stereocenters. The van der Waals surface area contributed by atoms with Gasteiger partial charge in [-0.15, -0.1) is 0 Å². The Balaban J connectivity index is 2.40. The Morgan fingerprint density at radius 2 is 2.00 bits per heavy atom. The van der Waals surface area contributed by atoms with E-state index >= 15 is 0 Å². The van der Waals surface area contributed by atoms with Crippen LogP contribution >= 0.6 is 11.6 Å². The topological polar surface area (TPSA) is 96.4 Å². The summed E-state index contributed by atoms with van der Waals surface area (Å²) in [7, 11) is -4.19. The van der Waals surface area contributed by atoms with Crippen LogP contribution in [0.25, 0.3) is 0 Å². The van der Waals surface area contributed by atoms with E-state index in [2.05, 4.69) is 4.98 Å². The lowest BCUT2D eigenvalue weighted by Gasteiger charge is -2.09. The van der Waals surface area contributed by atoms with E-state index in [0.717, 1.165) is 18.2 Å². The van der Waals surface area contributed by atoms with Crippen molar-refractivity contribution in [1.29, 1.82) is 0 Å². The van der Waals surface area contributed by atoms with Crippen molar-refractivity contribution in [3.05, 3.63) is 52.9 Å². The first-order chi connectivity index (χ1) is 9.79. The molecular weight excluding hydrogens is 323 g/mol. The third-order valence-corrected chi connectivity index (χ3v) is 4.23. The zero-order valence-electron chi connectivity index (χ0n) is 10.2. The summed E-state index contributed by atoms with van der Waals surface area (Å²) in [5.41, 5.74) is -0.333. The van der Waals surface area contributed by atoms with Crippen molar-refractivity contribution in [3.8, 4) is 0 Å². The van der Waals surface area contributed by atoms with Crippen molar-refractivity contribution in [3.63, 3.8) is 0 Å². The minimum Gasteiger partial charge on any atom is -0.477 e. The zero-order valence-corrected chi connectivity index (χ0v) is 11.8. The molecule has 0 radical (unpaired) electrons. The number of carboxylic acid groups (broad SMARTS) is 1. The molecule has 0 amide bonds. The van der Waals surface area contributed by atoms with Crippen molar-refractivity contribution < 1.29 is 22.7 Å². The highest BCUT2D eigenvalue weighted by Crippen LogP contribution is 2.24. The molecule has 0 aliphatic rings. The summed E-state index contributed by atoms with van der Waals surface area (Å²) in [5.74, 6) is -2.29. The summed E-state index contributed by atoms with van der Waals surface area (Å²) in [6.45, 7) is 0. The summed E-state index contributed by atoms with van der Waals surface area (Å²) >= 11 is 5.73. The Morgan fingerprint density at radius 3 is 2.67 bits per heavy atom. The number of halogens is 2. The van der Waals surface area contributed by atoms with Crippen molar-refractivity contribution in [2.24, 2.45) is 0 Å². The zero-order chi connectivity index (χ0) is 15.6. The maximum atomic E-state index is 13.1. The number of benzene rings is 1. The molecule has 21 heavy (non-hydrogen) atoms. The number of rotatable bonds is 4. The Morgan fingerprint density at radius 1 is 1.29 bits per heavy atom. The van der Waals surface area contributed by atoms with E-state index in [0.29, 0.717) is 0 Å². The molecule has 2 rings (SSSR count). The van der Waals surface area contributed by atoms with Crippen molar-refractivity contribution in [1.82, 2.24) is 4.98 Å². The highest BCUT2D eigenvalue weighted by Gasteiger charge is 2.20. The number of anilines is 1. The Bertz CT molecular complexity index is 811. The second-order valence-corrected chi connectivity index (χ2v) is 5.95. The number of aromatic nitrogens is 1. The summed E-state index contributed by atoms with van der Waals surface area (Å²) < 4.78 is 39.4. The predicted octanol–water partition coefficient (Wildman–Crippen LogP) is 2.37. The second-order valence-electron chi connectivity index (χ2n) is 3.89. The summed E-state index contributed by atoms with van der Waals surface area (Å²) in [4.78, 5) is 13.9. The molecule has 0 aliphatic heterocycles. The summed E-state index contributed by atoms with van der Waals surface area (Å²) in [6.07, 6.45) is 0. The van der Waals surface area contributed by atoms with Gasteiger partial charge in [0.2, 0.25) is 0 Å². The number of carbonyl (C=O) groups is 1. The third-order valence-electron chi connectivity index (χ3n) is 2.39. The molecule has 9 heteroatoms. The summed E-state index contributed by atoms with van der Waals surface area (Å²) in [6, 6.07) is 6.66. The van der Waals surface area contributed by atoms with Gasteiger partial charge in [0.1, 0.15) is 16.5 Å². The number of aromatic carboxylic acids is 1. The van der Waals surface area contributed by atoms with Crippen molar-refractivity contribution >= 4 is 33.4 Å². The van der Waals surface area contributed by atoms with Gasteiger partial charge in [-0.2, -0.15) is 0 Å². The number of hydrogen-bond donors (Lipinski definition) is 2. The quantitative estimate of drug-likeness (QED) is 0.897. The fourth-order valence-corrected chi connectivity index (χ4v) is 3.00. The molecule has 0 bridgehead atoms. The number of nitrogens with one attached hydrogen (secondary N) is 1. The van der Waals surface area contributed by atoms with Crippen LogP contribution in [0.5, 0.6) is 0 Å². The first-order valence-electron chi connectivity index (χ1n) is 5.48. The Labute approximate surface area is 124 Å². The van der Waals surface area contributed by atoms with Gasteiger partial charge in [-0.3, -0.25) is 4.72 Å². The van der Waals surface area contributed by atoms with Crippen LogP contribution in [-0.4, -0.2) is 24.5 Å². The maximum absolute atomic E-state index is 13.1. The highest BCUT2D eigenvalue weighted by atomic mass is 35.5. The van der Waals surface area contributed by atoms with Crippen molar-refractivity contribution in [2.45, 2.75) is 4.90 Å². The highest BCUT2D eigenvalue weighted by molar-refractivity contribution is 7.92. The lowest BCUT2D eigenvalue weighted by atomic mass is 10.3. The van der Waals surface area contributed by atoms with E-state index in [4.69, 9.17) is 16.7 Å². The van der Waals surface area contributed by atoms with Crippen LogP contribution in [0.1, 0.15) is 10.5 Å². The van der Waals surface area contributed by atoms with Crippen LogP contribution < -0.4 is 4.72 Å². The van der Waals surface area contributed by atoms with Crippen molar-refractivity contribution in [2.75, 3.05) is 4.72 Å². The van der Waals surface area contributed by atoms with Crippen LogP contribution in [0, 0.1) is 5.82 Å². The van der Waals surface area contributed by atoms with E-state index in [1.54, 1.807) is 0 Å². The molecule has 0 spiro atoms. The first-order valence-corrected chi connectivity index (χ1v) is 7.34. The molecule has 1 heterocycles. The smallest absolute Gasteiger partial charge is 0.354 e. The van der Waals surface area contributed by atoms with Gasteiger partial charge in [0.15, 0.2) is 5.69 Å². The van der Waals surface area contributed by atoms with Crippen LogP contribution in [-0.2, 0) is 10.0 Å². The van der Waals surface area contributed by atoms with Gasteiger partial charge in [-0.05, 0) is 30.3 Å². The van der Waals surface area contributed by atoms with Gasteiger partial charge in [0.05, 0.1) is 5.02 Å². The fraction of sp³-hybridized carbons (Fsp3) is 0. The van der Waals surface area contributed by atoms with Gasteiger partial charge in [0, 0.05) is 0 Å². The minimum atomic E-state index is -4.19. The van der Waals surface area contributed by atoms with E-state index in [-0.39, 0.29) is 16.5 Å². The average molecular weight is 331 g/mol. The van der Waals surface area contributed by atoms with Crippen LogP contribution in [0.4, 0.5) is 10.2 Å². The number of carboxylic acids is 1. The summed E-state index contributed by atoms with van der Waals surface area (Å²) in [5, 5.41) is 8.63. The fourth-order valence-electron chi connectivity index (χ4n) is 1.49. The molecule has 0 aliphatic carbocycles. The van der Waals surface area contributed by atoms with Gasteiger partial charge < -0.3 is 5.11 Å². The molecule has 110 valence electrons. The third kappa shape index (κ3) is 3.47. The molecule has 0 fully saturated rings. The molecule has 1 aromatic carbocycles. The molecule has 1 aromatic heterocycles. The monoisotopic (exact) mass is 330 g/mol. The Hall–Kier alpha value is -2.19.